The highest BCUT2D eigenvalue weighted by molar-refractivity contribution is 6.11. The van der Waals surface area contributed by atoms with Gasteiger partial charge in [0.25, 0.3) is 0 Å². The second-order valence-corrected chi connectivity index (χ2v) is 17.7. The maximum Gasteiger partial charge on any atom is 0.0543 e. The summed E-state index contributed by atoms with van der Waals surface area (Å²) in [6.07, 6.45) is 0. The van der Waals surface area contributed by atoms with Gasteiger partial charge < -0.3 is 9.47 Å². The van der Waals surface area contributed by atoms with Gasteiger partial charge in [-0.1, -0.05) is 173 Å². The third-order valence-electron chi connectivity index (χ3n) is 13.8. The third-order valence-corrected chi connectivity index (χ3v) is 13.8. The number of anilines is 3. The van der Waals surface area contributed by atoms with Crippen molar-refractivity contribution in [1.29, 1.82) is 0 Å². The van der Waals surface area contributed by atoms with Gasteiger partial charge in [0.05, 0.1) is 28.1 Å². The SMILES string of the molecule is CC1(C)c2ccccc2-c2c(N(c3cccc(-c4ccc5cccc(-n6c7ccccc7c7ccccc76)c5c4)c3)c3cccc4c3-c3ccccc3C4(C)C)cccc21. The van der Waals surface area contributed by atoms with Crippen molar-refractivity contribution in [2.24, 2.45) is 0 Å². The molecule has 2 aliphatic carbocycles. The van der Waals surface area contributed by atoms with Gasteiger partial charge in [0, 0.05) is 43.8 Å². The molecule has 2 nitrogen and oxygen atoms in total. The first kappa shape index (κ1) is 34.8. The second kappa shape index (κ2) is 12.7. The van der Waals surface area contributed by atoms with Crippen LogP contribution in [0.15, 0.2) is 194 Å². The molecule has 0 fully saturated rings. The van der Waals surface area contributed by atoms with Crippen molar-refractivity contribution in [3.63, 3.8) is 0 Å². The number of rotatable bonds is 5. The van der Waals surface area contributed by atoms with E-state index in [4.69, 9.17) is 0 Å². The minimum atomic E-state index is -0.123. The molecule has 0 aliphatic heterocycles. The predicted molar refractivity (Wildman–Crippen MR) is 254 cm³/mol. The monoisotopic (exact) mass is 768 g/mol. The average Bonchev–Trinajstić information content (AvgIpc) is 3.84. The Hall–Kier alpha value is -7.16. The van der Waals surface area contributed by atoms with Crippen LogP contribution in [0.4, 0.5) is 17.1 Å². The lowest BCUT2D eigenvalue weighted by atomic mass is 9.82. The Labute approximate surface area is 351 Å². The quantitative estimate of drug-likeness (QED) is 0.169. The van der Waals surface area contributed by atoms with Crippen LogP contribution in [0.3, 0.4) is 0 Å². The minimum absolute atomic E-state index is 0.123. The average molecular weight is 769 g/mol. The van der Waals surface area contributed by atoms with Crippen LogP contribution in [0.25, 0.3) is 71.6 Å². The maximum atomic E-state index is 2.56. The largest absolute Gasteiger partial charge is 0.309 e. The minimum Gasteiger partial charge on any atom is -0.309 e. The van der Waals surface area contributed by atoms with Crippen LogP contribution in [-0.4, -0.2) is 4.57 Å². The van der Waals surface area contributed by atoms with Crippen molar-refractivity contribution in [3.8, 4) is 39.1 Å². The fraction of sp³-hybridized carbons (Fsp3) is 0.103. The van der Waals surface area contributed by atoms with E-state index in [0.29, 0.717) is 0 Å². The van der Waals surface area contributed by atoms with Gasteiger partial charge in [0.1, 0.15) is 0 Å². The Morgan fingerprint density at radius 1 is 0.383 bits per heavy atom. The first-order valence-corrected chi connectivity index (χ1v) is 21.2. The van der Waals surface area contributed by atoms with Crippen molar-refractivity contribution in [2.75, 3.05) is 4.90 Å². The summed E-state index contributed by atoms with van der Waals surface area (Å²) >= 11 is 0. The standard InChI is InChI=1S/C58H44N2/c1-57(2)46-24-9-5-22-43(46)55-48(57)26-15-31-53(55)59(54-32-16-27-49-56(54)44-23-6-10-25-47(44)58(49,3)4)40-19-13-18-38(35-40)39-34-33-37-17-14-30-52(45(37)36-39)60-50-28-11-7-20-41(50)42-21-8-12-29-51(42)60/h5-36H,1-4H3. The Morgan fingerprint density at radius 2 is 0.883 bits per heavy atom. The van der Waals surface area contributed by atoms with Gasteiger partial charge in [-0.2, -0.15) is 0 Å². The molecule has 2 heteroatoms. The van der Waals surface area contributed by atoms with Crippen molar-refractivity contribution in [3.05, 3.63) is 216 Å². The lowest BCUT2D eigenvalue weighted by Gasteiger charge is -2.31. The fourth-order valence-electron chi connectivity index (χ4n) is 10.9. The molecule has 0 atom stereocenters. The van der Waals surface area contributed by atoms with Crippen molar-refractivity contribution < 1.29 is 0 Å². The molecule has 1 aromatic heterocycles. The fourth-order valence-corrected chi connectivity index (χ4v) is 10.9. The number of aromatic nitrogens is 1. The molecule has 9 aromatic carbocycles. The molecular weight excluding hydrogens is 725 g/mol. The van der Waals surface area contributed by atoms with Crippen LogP contribution < -0.4 is 4.90 Å². The predicted octanol–water partition coefficient (Wildman–Crippen LogP) is 15.7. The van der Waals surface area contributed by atoms with E-state index >= 15 is 0 Å². The van der Waals surface area contributed by atoms with Crippen molar-refractivity contribution >= 4 is 49.6 Å². The van der Waals surface area contributed by atoms with E-state index in [9.17, 15) is 0 Å². The summed E-state index contributed by atoms with van der Waals surface area (Å²) in [6.45, 7) is 9.49. The van der Waals surface area contributed by atoms with E-state index < -0.39 is 0 Å². The van der Waals surface area contributed by atoms with E-state index in [2.05, 4.69) is 231 Å². The number of benzene rings is 9. The lowest BCUT2D eigenvalue weighted by Crippen LogP contribution is -2.17. The van der Waals surface area contributed by atoms with E-state index in [1.165, 1.54) is 105 Å². The van der Waals surface area contributed by atoms with Gasteiger partial charge in [-0.25, -0.2) is 0 Å². The number of fused-ring (bicyclic) bond motifs is 10. The van der Waals surface area contributed by atoms with Gasteiger partial charge in [0.2, 0.25) is 0 Å². The molecular formula is C58H44N2. The summed E-state index contributed by atoms with van der Waals surface area (Å²) in [5.74, 6) is 0. The van der Waals surface area contributed by atoms with E-state index in [1.54, 1.807) is 0 Å². The highest BCUT2D eigenvalue weighted by Gasteiger charge is 2.40. The number of para-hydroxylation sites is 2. The first-order valence-electron chi connectivity index (χ1n) is 21.2. The molecule has 10 aromatic rings. The number of nitrogens with zero attached hydrogens (tertiary/aromatic N) is 2. The summed E-state index contributed by atoms with van der Waals surface area (Å²) in [4.78, 5) is 2.56. The summed E-state index contributed by atoms with van der Waals surface area (Å²) in [5.41, 5.74) is 20.0. The third kappa shape index (κ3) is 4.82. The Bertz CT molecular complexity index is 3230. The molecule has 0 amide bonds. The normalized spacial score (nSPS) is 14.3. The lowest BCUT2D eigenvalue weighted by molar-refractivity contribution is 0.660. The van der Waals surface area contributed by atoms with Gasteiger partial charge in [0.15, 0.2) is 0 Å². The highest BCUT2D eigenvalue weighted by Crippen LogP contribution is 2.58. The smallest absolute Gasteiger partial charge is 0.0543 e. The Balaban J connectivity index is 1.09. The van der Waals surface area contributed by atoms with Crippen molar-refractivity contribution in [2.45, 2.75) is 38.5 Å². The van der Waals surface area contributed by atoms with Crippen molar-refractivity contribution in [1.82, 2.24) is 4.57 Å². The summed E-state index contributed by atoms with van der Waals surface area (Å²) in [6, 6.07) is 72.3. The summed E-state index contributed by atoms with van der Waals surface area (Å²) in [5, 5.41) is 4.98. The van der Waals surface area contributed by atoms with Gasteiger partial charge in [-0.05, 0) is 98.4 Å². The first-order chi connectivity index (χ1) is 29.3. The molecule has 0 spiro atoms. The molecule has 12 rings (SSSR count). The Morgan fingerprint density at radius 3 is 1.50 bits per heavy atom. The van der Waals surface area contributed by atoms with Crippen LogP contribution >= 0.6 is 0 Å². The van der Waals surface area contributed by atoms with Crippen LogP contribution in [0, 0.1) is 0 Å². The van der Waals surface area contributed by atoms with Crippen LogP contribution in [0.5, 0.6) is 0 Å². The zero-order valence-electron chi connectivity index (χ0n) is 34.4. The summed E-state index contributed by atoms with van der Waals surface area (Å²) < 4.78 is 2.44. The maximum absolute atomic E-state index is 2.56. The number of hydrogen-bond acceptors (Lipinski definition) is 1. The molecule has 0 bridgehead atoms. The van der Waals surface area contributed by atoms with Gasteiger partial charge in [-0.3, -0.25) is 0 Å². The molecule has 0 saturated carbocycles. The van der Waals surface area contributed by atoms with Crippen LogP contribution in [0.1, 0.15) is 49.9 Å². The zero-order valence-corrected chi connectivity index (χ0v) is 34.4. The van der Waals surface area contributed by atoms with Crippen LogP contribution in [0.2, 0.25) is 0 Å². The molecule has 60 heavy (non-hydrogen) atoms. The number of hydrogen-bond donors (Lipinski definition) is 0. The summed E-state index contributed by atoms with van der Waals surface area (Å²) in [7, 11) is 0. The second-order valence-electron chi connectivity index (χ2n) is 17.7. The molecule has 286 valence electrons. The molecule has 0 saturated heterocycles. The van der Waals surface area contributed by atoms with Gasteiger partial charge in [-0.15, -0.1) is 0 Å². The topological polar surface area (TPSA) is 8.17 Å². The molecule has 2 aliphatic rings. The van der Waals surface area contributed by atoms with E-state index in [1.807, 2.05) is 0 Å². The highest BCUT2D eigenvalue weighted by atomic mass is 15.1. The van der Waals surface area contributed by atoms with Gasteiger partial charge >= 0.3 is 0 Å². The van der Waals surface area contributed by atoms with E-state index in [0.717, 1.165) is 5.69 Å². The molecule has 1 heterocycles. The van der Waals surface area contributed by atoms with Crippen LogP contribution in [-0.2, 0) is 10.8 Å². The van der Waals surface area contributed by atoms with E-state index in [-0.39, 0.29) is 10.8 Å². The Kier molecular flexibility index (Phi) is 7.36. The molecule has 0 unspecified atom stereocenters. The molecule has 0 N–H and O–H groups in total. The molecule has 0 radical (unpaired) electrons. The zero-order chi connectivity index (χ0) is 40.3.